The van der Waals surface area contributed by atoms with Gasteiger partial charge in [-0.25, -0.2) is 0 Å². The molecule has 0 aliphatic carbocycles. The number of hydrogen-bond donors (Lipinski definition) is 2. The second-order valence-electron chi connectivity index (χ2n) is 5.29. The van der Waals surface area contributed by atoms with E-state index in [0.717, 1.165) is 13.1 Å². The fraction of sp³-hybridized carbons (Fsp3) is 0.533. The Morgan fingerprint density at radius 1 is 1.32 bits per heavy atom. The quantitative estimate of drug-likeness (QED) is 0.891. The molecule has 1 aromatic carbocycles. The van der Waals surface area contributed by atoms with Gasteiger partial charge in [0.1, 0.15) is 0 Å². The number of aryl methyl sites for hydroxylation is 1. The Bertz CT molecular complexity index is 432. The highest BCUT2D eigenvalue weighted by atomic mass is 35.5. The fourth-order valence-corrected chi connectivity index (χ4v) is 2.37. The van der Waals surface area contributed by atoms with Crippen molar-refractivity contribution in [1.29, 1.82) is 0 Å². The van der Waals surface area contributed by atoms with Crippen LogP contribution < -0.4 is 10.6 Å². The van der Waals surface area contributed by atoms with Crippen LogP contribution >= 0.6 is 12.4 Å². The van der Waals surface area contributed by atoms with E-state index in [1.54, 1.807) is 0 Å². The summed E-state index contributed by atoms with van der Waals surface area (Å²) in [6, 6.07) is 8.28. The van der Waals surface area contributed by atoms with E-state index in [2.05, 4.69) is 29.7 Å². The minimum Gasteiger partial charge on any atom is -0.349 e. The maximum Gasteiger partial charge on any atom is 0.223 e. The van der Waals surface area contributed by atoms with Crippen LogP contribution in [0.4, 0.5) is 0 Å². The van der Waals surface area contributed by atoms with Crippen LogP contribution in [0, 0.1) is 18.8 Å². The number of amides is 1. The average molecular weight is 283 g/mol. The van der Waals surface area contributed by atoms with Crippen LogP contribution in [0.1, 0.15) is 31.0 Å². The van der Waals surface area contributed by atoms with E-state index in [1.165, 1.54) is 11.1 Å². The van der Waals surface area contributed by atoms with Gasteiger partial charge in [-0.3, -0.25) is 4.79 Å². The molecule has 1 heterocycles. The van der Waals surface area contributed by atoms with E-state index in [1.807, 2.05) is 26.0 Å². The standard InChI is InChI=1S/C15H22N2O.ClH/c1-10-6-4-5-7-14(10)12(3)17-15(18)11(2)13-8-16-9-13;/h4-7,11-13,16H,8-9H2,1-3H3,(H,17,18);1H. The summed E-state index contributed by atoms with van der Waals surface area (Å²) in [5.41, 5.74) is 2.42. The lowest BCUT2D eigenvalue weighted by molar-refractivity contribution is -0.127. The van der Waals surface area contributed by atoms with Crippen LogP contribution in [0.5, 0.6) is 0 Å². The van der Waals surface area contributed by atoms with Gasteiger partial charge in [0.15, 0.2) is 0 Å². The Morgan fingerprint density at radius 3 is 2.47 bits per heavy atom. The molecule has 1 fully saturated rings. The molecule has 2 N–H and O–H groups in total. The van der Waals surface area contributed by atoms with Gasteiger partial charge in [0, 0.05) is 5.92 Å². The Kier molecular flexibility index (Phi) is 5.83. The number of carbonyl (C=O) groups excluding carboxylic acids is 1. The monoisotopic (exact) mass is 282 g/mol. The van der Waals surface area contributed by atoms with Gasteiger partial charge in [-0.1, -0.05) is 31.2 Å². The summed E-state index contributed by atoms with van der Waals surface area (Å²) in [5, 5.41) is 6.33. The van der Waals surface area contributed by atoms with Gasteiger partial charge in [0.05, 0.1) is 6.04 Å². The molecule has 4 heteroatoms. The van der Waals surface area contributed by atoms with Crippen LogP contribution in [-0.2, 0) is 4.79 Å². The van der Waals surface area contributed by atoms with Crippen LogP contribution in [0.2, 0.25) is 0 Å². The molecular formula is C15H23ClN2O. The van der Waals surface area contributed by atoms with Crippen molar-refractivity contribution in [1.82, 2.24) is 10.6 Å². The third-order valence-corrected chi connectivity index (χ3v) is 3.95. The second-order valence-corrected chi connectivity index (χ2v) is 5.29. The van der Waals surface area contributed by atoms with Crippen molar-refractivity contribution in [2.75, 3.05) is 13.1 Å². The molecule has 1 amide bonds. The largest absolute Gasteiger partial charge is 0.349 e. The van der Waals surface area contributed by atoms with E-state index in [0.29, 0.717) is 5.92 Å². The Morgan fingerprint density at radius 2 is 1.95 bits per heavy atom. The zero-order valence-corrected chi connectivity index (χ0v) is 12.6. The van der Waals surface area contributed by atoms with Gasteiger partial charge in [-0.05, 0) is 44.0 Å². The predicted molar refractivity (Wildman–Crippen MR) is 80.5 cm³/mol. The van der Waals surface area contributed by atoms with Crippen molar-refractivity contribution < 1.29 is 4.79 Å². The minimum atomic E-state index is 0. The summed E-state index contributed by atoms with van der Waals surface area (Å²) in [5.74, 6) is 0.754. The molecule has 0 saturated carbocycles. The van der Waals surface area contributed by atoms with E-state index in [-0.39, 0.29) is 30.3 Å². The molecule has 2 unspecified atom stereocenters. The van der Waals surface area contributed by atoms with Crippen molar-refractivity contribution >= 4 is 18.3 Å². The topological polar surface area (TPSA) is 41.1 Å². The highest BCUT2D eigenvalue weighted by Gasteiger charge is 2.29. The van der Waals surface area contributed by atoms with E-state index in [9.17, 15) is 4.79 Å². The lowest BCUT2D eigenvalue weighted by Crippen LogP contribution is -2.49. The number of rotatable bonds is 4. The van der Waals surface area contributed by atoms with Gasteiger partial charge in [-0.15, -0.1) is 12.4 Å². The molecule has 2 rings (SSSR count). The number of hydrogen-bond acceptors (Lipinski definition) is 2. The van der Waals surface area contributed by atoms with Crippen molar-refractivity contribution in [3.63, 3.8) is 0 Å². The van der Waals surface area contributed by atoms with Crippen LogP contribution in [-0.4, -0.2) is 19.0 Å². The van der Waals surface area contributed by atoms with E-state index >= 15 is 0 Å². The van der Waals surface area contributed by atoms with Gasteiger partial charge >= 0.3 is 0 Å². The normalized spacial score (nSPS) is 17.8. The van der Waals surface area contributed by atoms with Crippen molar-refractivity contribution in [3.05, 3.63) is 35.4 Å². The summed E-state index contributed by atoms with van der Waals surface area (Å²) >= 11 is 0. The first-order valence-corrected chi connectivity index (χ1v) is 6.66. The number of nitrogens with one attached hydrogen (secondary N) is 2. The molecule has 1 saturated heterocycles. The van der Waals surface area contributed by atoms with Crippen LogP contribution in [0.25, 0.3) is 0 Å². The zero-order valence-electron chi connectivity index (χ0n) is 11.8. The van der Waals surface area contributed by atoms with Crippen molar-refractivity contribution in [2.24, 2.45) is 11.8 Å². The molecule has 106 valence electrons. The van der Waals surface area contributed by atoms with Crippen LogP contribution in [0.3, 0.4) is 0 Å². The van der Waals surface area contributed by atoms with Crippen LogP contribution in [0.15, 0.2) is 24.3 Å². The van der Waals surface area contributed by atoms with Crippen molar-refractivity contribution in [3.8, 4) is 0 Å². The number of carbonyl (C=O) groups is 1. The highest BCUT2D eigenvalue weighted by Crippen LogP contribution is 2.20. The second kappa shape index (κ2) is 6.92. The summed E-state index contributed by atoms with van der Waals surface area (Å²) < 4.78 is 0. The molecule has 1 aromatic rings. The number of benzene rings is 1. The first-order chi connectivity index (χ1) is 8.59. The summed E-state index contributed by atoms with van der Waals surface area (Å²) in [6.45, 7) is 8.08. The first-order valence-electron chi connectivity index (χ1n) is 6.66. The lowest BCUT2D eigenvalue weighted by atomic mass is 9.88. The van der Waals surface area contributed by atoms with Crippen molar-refractivity contribution in [2.45, 2.75) is 26.8 Å². The average Bonchev–Trinajstić information content (AvgIpc) is 2.26. The summed E-state index contributed by atoms with van der Waals surface area (Å²) in [4.78, 5) is 12.1. The van der Waals surface area contributed by atoms with Gasteiger partial charge < -0.3 is 10.6 Å². The third-order valence-electron chi connectivity index (χ3n) is 3.95. The lowest BCUT2D eigenvalue weighted by Gasteiger charge is -2.32. The molecule has 2 atom stereocenters. The SMILES string of the molecule is Cc1ccccc1C(C)NC(=O)C(C)C1CNC1.Cl. The first kappa shape index (κ1) is 16.0. The van der Waals surface area contributed by atoms with Gasteiger partial charge in [0.25, 0.3) is 0 Å². The third kappa shape index (κ3) is 3.71. The van der Waals surface area contributed by atoms with Gasteiger partial charge in [-0.2, -0.15) is 0 Å². The van der Waals surface area contributed by atoms with E-state index < -0.39 is 0 Å². The maximum absolute atomic E-state index is 12.1. The Balaban J connectivity index is 0.00000180. The Hall–Kier alpha value is -1.06. The molecule has 0 aromatic heterocycles. The molecule has 1 aliphatic rings. The fourth-order valence-electron chi connectivity index (χ4n) is 2.37. The summed E-state index contributed by atoms with van der Waals surface area (Å²) in [7, 11) is 0. The van der Waals surface area contributed by atoms with E-state index in [4.69, 9.17) is 0 Å². The molecule has 1 aliphatic heterocycles. The highest BCUT2D eigenvalue weighted by molar-refractivity contribution is 5.85. The molecule has 19 heavy (non-hydrogen) atoms. The zero-order chi connectivity index (χ0) is 13.1. The Labute approximate surface area is 121 Å². The smallest absolute Gasteiger partial charge is 0.223 e. The molecule has 3 nitrogen and oxygen atoms in total. The predicted octanol–water partition coefficient (Wildman–Crippen LogP) is 2.45. The number of halogens is 1. The minimum absolute atomic E-state index is 0. The molecule has 0 radical (unpaired) electrons. The molecular weight excluding hydrogens is 260 g/mol. The molecule has 0 spiro atoms. The van der Waals surface area contributed by atoms with Gasteiger partial charge in [0.2, 0.25) is 5.91 Å². The summed E-state index contributed by atoms with van der Waals surface area (Å²) in [6.07, 6.45) is 0. The molecule has 0 bridgehead atoms. The maximum atomic E-state index is 12.1.